The van der Waals surface area contributed by atoms with E-state index in [9.17, 15) is 8.78 Å². The minimum atomic E-state index is -0.677. The number of rotatable bonds is 4. The monoisotopic (exact) mass is 466 g/mol. The number of piperidine rings is 1. The van der Waals surface area contributed by atoms with Gasteiger partial charge in [0.2, 0.25) is 0 Å². The van der Waals surface area contributed by atoms with Crippen LogP contribution in [0.4, 0.5) is 14.6 Å². The molecule has 1 saturated heterocycles. The van der Waals surface area contributed by atoms with Gasteiger partial charge in [-0.2, -0.15) is 5.10 Å². The third-order valence-electron chi connectivity index (χ3n) is 7.58. The molecule has 4 atom stereocenters. The molecule has 0 spiro atoms. The highest BCUT2D eigenvalue weighted by molar-refractivity contribution is 5.40. The normalized spacial score (nSPS) is 26.4. The number of aromatic nitrogens is 5. The van der Waals surface area contributed by atoms with Crippen molar-refractivity contribution in [3.63, 3.8) is 0 Å². The van der Waals surface area contributed by atoms with Crippen LogP contribution in [0.1, 0.15) is 48.3 Å². The van der Waals surface area contributed by atoms with Gasteiger partial charge in [0, 0.05) is 56.1 Å². The molecule has 0 radical (unpaired) electrons. The van der Waals surface area contributed by atoms with Gasteiger partial charge in [-0.3, -0.25) is 0 Å². The fourth-order valence-corrected chi connectivity index (χ4v) is 5.96. The zero-order chi connectivity index (χ0) is 23.2. The zero-order valence-electron chi connectivity index (χ0n) is 19.2. The Kier molecular flexibility index (Phi) is 5.51. The van der Waals surface area contributed by atoms with Crippen molar-refractivity contribution in [2.24, 2.45) is 17.8 Å². The van der Waals surface area contributed by atoms with E-state index in [-0.39, 0.29) is 0 Å². The smallest absolute Gasteiger partial charge is 0.161 e. The second-order valence-electron chi connectivity index (χ2n) is 9.77. The topological polar surface area (TPSA) is 69.0 Å². The summed E-state index contributed by atoms with van der Waals surface area (Å²) in [5.74, 6) is 2.85. The third kappa shape index (κ3) is 3.96. The fourth-order valence-electron chi connectivity index (χ4n) is 5.96. The molecule has 1 saturated carbocycles. The molecule has 3 aliphatic rings. The van der Waals surface area contributed by atoms with Crippen LogP contribution < -0.4 is 4.90 Å². The Morgan fingerprint density at radius 3 is 2.68 bits per heavy atom. The minimum absolute atomic E-state index is 0.303. The number of aryl methyl sites for hydroxylation is 2. The molecule has 2 aromatic heterocycles. The molecule has 7 nitrogen and oxygen atoms in total. The molecule has 1 aromatic carbocycles. The molecule has 4 heterocycles. The lowest BCUT2D eigenvalue weighted by atomic mass is 9.82. The molecule has 9 heteroatoms. The molecular weight excluding hydrogens is 438 g/mol. The van der Waals surface area contributed by atoms with Crippen molar-refractivity contribution >= 4 is 5.82 Å². The average molecular weight is 467 g/mol. The number of nitrogens with zero attached hydrogens (tertiary/aromatic N) is 6. The molecule has 6 rings (SSSR count). The molecule has 2 fully saturated rings. The number of hydrogen-bond donors (Lipinski definition) is 0. The van der Waals surface area contributed by atoms with Crippen LogP contribution in [-0.4, -0.2) is 44.4 Å². The highest BCUT2D eigenvalue weighted by Crippen LogP contribution is 2.44. The van der Waals surface area contributed by atoms with Crippen molar-refractivity contribution in [1.82, 2.24) is 24.7 Å². The number of benzene rings is 1. The van der Waals surface area contributed by atoms with Gasteiger partial charge in [-0.1, -0.05) is 6.07 Å². The van der Waals surface area contributed by atoms with Gasteiger partial charge in [-0.05, 0) is 50.0 Å². The van der Waals surface area contributed by atoms with Gasteiger partial charge >= 0.3 is 0 Å². The first kappa shape index (κ1) is 21.6. The van der Waals surface area contributed by atoms with Crippen LogP contribution in [0.3, 0.4) is 0 Å². The van der Waals surface area contributed by atoms with Crippen LogP contribution in [0, 0.1) is 36.3 Å². The summed E-state index contributed by atoms with van der Waals surface area (Å²) >= 11 is 0. The first-order chi connectivity index (χ1) is 16.5. The van der Waals surface area contributed by atoms with E-state index < -0.39 is 17.7 Å². The Morgan fingerprint density at radius 2 is 1.91 bits per heavy atom. The summed E-state index contributed by atoms with van der Waals surface area (Å²) in [4.78, 5) is 16.0. The van der Waals surface area contributed by atoms with Crippen molar-refractivity contribution in [3.8, 4) is 0 Å². The number of hydrogen-bond acceptors (Lipinski definition) is 6. The second-order valence-corrected chi connectivity index (χ2v) is 9.77. The van der Waals surface area contributed by atoms with Crippen LogP contribution in [0.15, 0.2) is 30.6 Å². The largest absolute Gasteiger partial charge is 0.365 e. The predicted molar refractivity (Wildman–Crippen MR) is 121 cm³/mol. The Morgan fingerprint density at radius 1 is 1.09 bits per heavy atom. The van der Waals surface area contributed by atoms with Gasteiger partial charge in [-0.25, -0.2) is 28.4 Å². The van der Waals surface area contributed by atoms with Gasteiger partial charge in [0.15, 0.2) is 11.6 Å². The van der Waals surface area contributed by atoms with Gasteiger partial charge < -0.3 is 9.64 Å². The van der Waals surface area contributed by atoms with E-state index in [0.29, 0.717) is 42.3 Å². The van der Waals surface area contributed by atoms with Crippen LogP contribution in [0.2, 0.25) is 0 Å². The molecule has 1 unspecified atom stereocenters. The summed E-state index contributed by atoms with van der Waals surface area (Å²) in [5, 5.41) is 4.81. The van der Waals surface area contributed by atoms with Crippen molar-refractivity contribution in [3.05, 3.63) is 65.1 Å². The lowest BCUT2D eigenvalue weighted by molar-refractivity contribution is 0.0785. The molecule has 0 N–H and O–H groups in total. The zero-order valence-corrected chi connectivity index (χ0v) is 19.2. The lowest BCUT2D eigenvalue weighted by Gasteiger charge is -2.38. The summed E-state index contributed by atoms with van der Waals surface area (Å²) in [5.41, 5.74) is 1.29. The second kappa shape index (κ2) is 8.69. The Labute approximate surface area is 197 Å². The van der Waals surface area contributed by atoms with E-state index in [1.165, 1.54) is 25.0 Å². The van der Waals surface area contributed by atoms with Crippen LogP contribution in [0.25, 0.3) is 0 Å². The van der Waals surface area contributed by atoms with E-state index >= 15 is 0 Å². The van der Waals surface area contributed by atoms with Crippen LogP contribution in [-0.2, 0) is 17.7 Å². The van der Waals surface area contributed by atoms with Crippen molar-refractivity contribution in [2.75, 3.05) is 24.6 Å². The molecule has 3 aromatic rings. The van der Waals surface area contributed by atoms with E-state index in [2.05, 4.69) is 20.9 Å². The fraction of sp³-hybridized carbons (Fsp3) is 0.520. The van der Waals surface area contributed by atoms with E-state index in [1.807, 2.05) is 11.6 Å². The highest BCUT2D eigenvalue weighted by Gasteiger charge is 2.43. The number of halogens is 2. The SMILES string of the molecule is Cc1cc(N2C[C@H]3CC[C@@H](C2)C3Cc2nc3n(n2)CCCO[C@H]3c2ccc(F)cc2F)ncn1. The Balaban J connectivity index is 1.23. The van der Waals surface area contributed by atoms with Gasteiger partial charge in [0.25, 0.3) is 0 Å². The maximum Gasteiger partial charge on any atom is 0.161 e. The maximum atomic E-state index is 14.6. The van der Waals surface area contributed by atoms with E-state index in [4.69, 9.17) is 14.8 Å². The van der Waals surface area contributed by atoms with Gasteiger partial charge in [0.05, 0.1) is 0 Å². The summed E-state index contributed by atoms with van der Waals surface area (Å²) in [6.45, 7) is 5.12. The van der Waals surface area contributed by atoms with E-state index in [0.717, 1.165) is 49.3 Å². The van der Waals surface area contributed by atoms with Crippen molar-refractivity contribution in [1.29, 1.82) is 0 Å². The van der Waals surface area contributed by atoms with E-state index in [1.54, 1.807) is 6.33 Å². The summed E-state index contributed by atoms with van der Waals surface area (Å²) in [7, 11) is 0. The Hall–Kier alpha value is -2.94. The molecule has 0 amide bonds. The quantitative estimate of drug-likeness (QED) is 0.582. The number of fused-ring (bicyclic) bond motifs is 3. The summed E-state index contributed by atoms with van der Waals surface area (Å²) in [6, 6.07) is 5.67. The maximum absolute atomic E-state index is 14.6. The molecule has 2 aliphatic heterocycles. The average Bonchev–Trinajstić information content (AvgIpc) is 3.22. The predicted octanol–water partition coefficient (Wildman–Crippen LogP) is 3.87. The lowest BCUT2D eigenvalue weighted by Crippen LogP contribution is -2.43. The standard InChI is InChI=1S/C25H28F2N6O/c1-15-9-23(29-14-28-15)32-12-16-3-4-17(13-32)20(16)11-22-30-25-24(34-8-2-7-33(25)31-22)19-6-5-18(26)10-21(19)27/h5-6,9-10,14,16-17,20,24H,2-4,7-8,11-13H2,1H3/t16-,17+,20?,24-/m0/s1. The molecular formula is C25H28F2N6O. The Bertz CT molecular complexity index is 1190. The minimum Gasteiger partial charge on any atom is -0.365 e. The van der Waals surface area contributed by atoms with Crippen molar-refractivity contribution in [2.45, 2.75) is 45.3 Å². The van der Waals surface area contributed by atoms with Gasteiger partial charge in [-0.15, -0.1) is 0 Å². The van der Waals surface area contributed by atoms with Crippen LogP contribution in [0.5, 0.6) is 0 Å². The first-order valence-electron chi connectivity index (χ1n) is 12.1. The third-order valence-corrected chi connectivity index (χ3v) is 7.58. The van der Waals surface area contributed by atoms with Crippen LogP contribution >= 0.6 is 0 Å². The summed E-state index contributed by atoms with van der Waals surface area (Å²) in [6.07, 6.45) is 4.96. The molecule has 1 aliphatic carbocycles. The van der Waals surface area contributed by atoms with Crippen molar-refractivity contribution < 1.29 is 13.5 Å². The molecule has 34 heavy (non-hydrogen) atoms. The molecule has 178 valence electrons. The van der Waals surface area contributed by atoms with Gasteiger partial charge in [0.1, 0.15) is 29.9 Å². The summed E-state index contributed by atoms with van der Waals surface area (Å²) < 4.78 is 35.8. The first-order valence-corrected chi connectivity index (χ1v) is 12.1. The highest BCUT2D eigenvalue weighted by atomic mass is 19.1. The number of ether oxygens (including phenoxy) is 1. The number of anilines is 1. The molecule has 2 bridgehead atoms.